The maximum absolute atomic E-state index is 13.5. The zero-order valence-electron chi connectivity index (χ0n) is 13.0. The van der Waals surface area contributed by atoms with Crippen LogP contribution in [-0.4, -0.2) is 21.5 Å². The van der Waals surface area contributed by atoms with Gasteiger partial charge in [0.25, 0.3) is 0 Å². The molecule has 1 unspecified atom stereocenters. The molecule has 0 bridgehead atoms. The number of hydrogen-bond acceptors (Lipinski definition) is 4. The lowest BCUT2D eigenvalue weighted by atomic mass is 10.1. The Morgan fingerprint density at radius 1 is 1.52 bits per heavy atom. The van der Waals surface area contributed by atoms with Gasteiger partial charge in [0.15, 0.2) is 5.16 Å². The number of hydrogen-bond donors (Lipinski definition) is 2. The highest BCUT2D eigenvalue weighted by atomic mass is 35.5. The lowest BCUT2D eigenvalue weighted by Gasteiger charge is -2.14. The Morgan fingerprint density at radius 3 is 2.87 bits per heavy atom. The van der Waals surface area contributed by atoms with E-state index >= 15 is 0 Å². The predicted octanol–water partition coefficient (Wildman–Crippen LogP) is 3.20. The van der Waals surface area contributed by atoms with Gasteiger partial charge in [0.1, 0.15) is 5.82 Å². The zero-order chi connectivity index (χ0) is 16.1. The molecule has 0 saturated heterocycles. The van der Waals surface area contributed by atoms with Crippen molar-refractivity contribution in [2.24, 2.45) is 12.8 Å². The van der Waals surface area contributed by atoms with Gasteiger partial charge in [0.05, 0.1) is 11.7 Å². The van der Waals surface area contributed by atoms with E-state index in [0.717, 1.165) is 11.6 Å². The number of aromatic nitrogens is 2. The SMILES string of the molecule is CCCC(N)C(=O)Nc1cc(F)ccc1Sc1nccn1C.Cl. The second-order valence-electron chi connectivity index (χ2n) is 4.95. The summed E-state index contributed by atoms with van der Waals surface area (Å²) in [5.74, 6) is -0.724. The van der Waals surface area contributed by atoms with E-state index in [9.17, 15) is 9.18 Å². The number of aryl methyl sites for hydroxylation is 1. The summed E-state index contributed by atoms with van der Waals surface area (Å²) < 4.78 is 15.3. The number of carbonyl (C=O) groups is 1. The van der Waals surface area contributed by atoms with Gasteiger partial charge in [-0.2, -0.15) is 0 Å². The smallest absolute Gasteiger partial charge is 0.241 e. The van der Waals surface area contributed by atoms with Gasteiger partial charge in [-0.25, -0.2) is 9.37 Å². The largest absolute Gasteiger partial charge is 0.329 e. The van der Waals surface area contributed by atoms with Crippen molar-refractivity contribution in [1.82, 2.24) is 9.55 Å². The van der Waals surface area contributed by atoms with Gasteiger partial charge in [-0.05, 0) is 36.4 Å². The van der Waals surface area contributed by atoms with Gasteiger partial charge < -0.3 is 15.6 Å². The van der Waals surface area contributed by atoms with Gasteiger partial charge in [-0.3, -0.25) is 4.79 Å². The van der Waals surface area contributed by atoms with Crippen LogP contribution in [0.3, 0.4) is 0 Å². The van der Waals surface area contributed by atoms with Gasteiger partial charge in [0, 0.05) is 24.3 Å². The summed E-state index contributed by atoms with van der Waals surface area (Å²) in [5.41, 5.74) is 6.20. The third kappa shape index (κ3) is 5.23. The summed E-state index contributed by atoms with van der Waals surface area (Å²) in [7, 11) is 1.87. The topological polar surface area (TPSA) is 72.9 Å². The van der Waals surface area contributed by atoms with Crippen LogP contribution >= 0.6 is 24.2 Å². The van der Waals surface area contributed by atoms with Crippen LogP contribution in [0.15, 0.2) is 40.6 Å². The molecule has 3 N–H and O–H groups in total. The van der Waals surface area contributed by atoms with Crippen molar-refractivity contribution in [3.05, 3.63) is 36.4 Å². The first-order chi connectivity index (χ1) is 10.5. The molecule has 2 rings (SSSR count). The van der Waals surface area contributed by atoms with Crippen molar-refractivity contribution in [1.29, 1.82) is 0 Å². The van der Waals surface area contributed by atoms with E-state index in [1.807, 2.05) is 24.7 Å². The van der Waals surface area contributed by atoms with E-state index in [1.165, 1.54) is 23.9 Å². The Labute approximate surface area is 145 Å². The van der Waals surface area contributed by atoms with Gasteiger partial charge in [-0.15, -0.1) is 12.4 Å². The number of halogens is 2. The average molecular weight is 359 g/mol. The molecule has 0 aliphatic carbocycles. The Hall–Kier alpha value is -1.57. The molecule has 1 aromatic carbocycles. The number of amides is 1. The van der Waals surface area contributed by atoms with Crippen molar-refractivity contribution < 1.29 is 9.18 Å². The lowest BCUT2D eigenvalue weighted by Crippen LogP contribution is -2.35. The minimum Gasteiger partial charge on any atom is -0.329 e. The maximum atomic E-state index is 13.5. The van der Waals surface area contributed by atoms with E-state index in [0.29, 0.717) is 17.0 Å². The molecule has 0 saturated carbocycles. The predicted molar refractivity (Wildman–Crippen MR) is 92.5 cm³/mol. The van der Waals surface area contributed by atoms with Crippen LogP contribution in [-0.2, 0) is 11.8 Å². The van der Waals surface area contributed by atoms with Gasteiger partial charge in [0.2, 0.25) is 5.91 Å². The molecule has 1 heterocycles. The first kappa shape index (κ1) is 19.5. The van der Waals surface area contributed by atoms with Crippen molar-refractivity contribution in [2.45, 2.75) is 35.9 Å². The molecule has 8 heteroatoms. The van der Waals surface area contributed by atoms with Crippen LogP contribution in [0.5, 0.6) is 0 Å². The summed E-state index contributed by atoms with van der Waals surface area (Å²) >= 11 is 1.35. The van der Waals surface area contributed by atoms with Crippen molar-refractivity contribution >= 4 is 35.8 Å². The van der Waals surface area contributed by atoms with Crippen molar-refractivity contribution in [2.75, 3.05) is 5.32 Å². The highest BCUT2D eigenvalue weighted by Crippen LogP contribution is 2.32. The molecule has 126 valence electrons. The molecule has 1 aromatic heterocycles. The summed E-state index contributed by atoms with van der Waals surface area (Å²) in [6.07, 6.45) is 4.90. The molecular formula is C15H20ClFN4OS. The maximum Gasteiger partial charge on any atom is 0.241 e. The molecule has 1 atom stereocenters. The molecule has 0 aliphatic heterocycles. The molecule has 0 radical (unpaired) electrons. The zero-order valence-corrected chi connectivity index (χ0v) is 14.6. The lowest BCUT2D eigenvalue weighted by molar-refractivity contribution is -0.117. The Balaban J connectivity index is 0.00000264. The number of anilines is 1. The third-order valence-electron chi connectivity index (χ3n) is 3.11. The van der Waals surface area contributed by atoms with E-state index in [2.05, 4.69) is 10.3 Å². The third-order valence-corrected chi connectivity index (χ3v) is 4.27. The fraction of sp³-hybridized carbons (Fsp3) is 0.333. The number of nitrogens with two attached hydrogens (primary N) is 1. The molecule has 0 spiro atoms. The molecule has 0 fully saturated rings. The van der Waals surface area contributed by atoms with E-state index < -0.39 is 11.9 Å². The monoisotopic (exact) mass is 358 g/mol. The second-order valence-corrected chi connectivity index (χ2v) is 5.96. The first-order valence-corrected chi connectivity index (χ1v) is 7.84. The molecule has 0 aliphatic rings. The van der Waals surface area contributed by atoms with Crippen LogP contribution < -0.4 is 11.1 Å². The molecule has 5 nitrogen and oxygen atoms in total. The van der Waals surface area contributed by atoms with Crippen LogP contribution in [0.1, 0.15) is 19.8 Å². The number of rotatable bonds is 6. The Bertz CT molecular complexity index is 665. The highest BCUT2D eigenvalue weighted by Gasteiger charge is 2.16. The summed E-state index contributed by atoms with van der Waals surface area (Å²) in [5, 5.41) is 3.46. The second kappa shape index (κ2) is 8.90. The van der Waals surface area contributed by atoms with Crippen LogP contribution in [0.4, 0.5) is 10.1 Å². The number of nitrogens with one attached hydrogen (secondary N) is 1. The van der Waals surface area contributed by atoms with Crippen molar-refractivity contribution in [3.8, 4) is 0 Å². The number of nitrogens with zero attached hydrogens (tertiary/aromatic N) is 2. The Kier molecular flexibility index (Phi) is 7.54. The van der Waals surface area contributed by atoms with E-state index in [1.54, 1.807) is 12.3 Å². The molecular weight excluding hydrogens is 339 g/mol. The number of imidazole rings is 1. The summed E-state index contributed by atoms with van der Waals surface area (Å²) in [6.45, 7) is 1.96. The van der Waals surface area contributed by atoms with E-state index in [4.69, 9.17) is 5.73 Å². The Morgan fingerprint density at radius 2 is 2.26 bits per heavy atom. The average Bonchev–Trinajstić information content (AvgIpc) is 2.87. The quantitative estimate of drug-likeness (QED) is 0.831. The summed E-state index contributed by atoms with van der Waals surface area (Å²) in [4.78, 5) is 17.0. The summed E-state index contributed by atoms with van der Waals surface area (Å²) in [6, 6.07) is 3.67. The highest BCUT2D eigenvalue weighted by molar-refractivity contribution is 7.99. The standard InChI is InChI=1S/C15H19FN4OS.ClH/c1-3-4-11(17)14(21)19-12-9-10(16)5-6-13(12)22-15-18-7-8-20(15)2;/h5-9,11H,3-4,17H2,1-2H3,(H,19,21);1H. The van der Waals surface area contributed by atoms with Crippen LogP contribution in [0.25, 0.3) is 0 Å². The number of benzene rings is 1. The van der Waals surface area contributed by atoms with Crippen LogP contribution in [0.2, 0.25) is 0 Å². The van der Waals surface area contributed by atoms with Gasteiger partial charge in [-0.1, -0.05) is 13.3 Å². The van der Waals surface area contributed by atoms with Gasteiger partial charge >= 0.3 is 0 Å². The fourth-order valence-corrected chi connectivity index (χ4v) is 2.78. The van der Waals surface area contributed by atoms with Crippen LogP contribution in [0, 0.1) is 5.82 Å². The minimum atomic E-state index is -0.598. The molecule has 2 aromatic rings. The first-order valence-electron chi connectivity index (χ1n) is 7.02. The molecule has 23 heavy (non-hydrogen) atoms. The fourth-order valence-electron chi connectivity index (χ4n) is 1.91. The normalized spacial score (nSPS) is 11.7. The van der Waals surface area contributed by atoms with Crippen molar-refractivity contribution in [3.63, 3.8) is 0 Å². The van der Waals surface area contributed by atoms with E-state index in [-0.39, 0.29) is 18.3 Å². The molecule has 1 amide bonds. The number of carbonyl (C=O) groups excluding carboxylic acids is 1. The minimum absolute atomic E-state index is 0.